The van der Waals surface area contributed by atoms with Crippen molar-refractivity contribution < 1.29 is 0 Å². The lowest BCUT2D eigenvalue weighted by molar-refractivity contribution is 0.315. The first-order valence-corrected chi connectivity index (χ1v) is 6.52. The molecule has 15 heavy (non-hydrogen) atoms. The summed E-state index contributed by atoms with van der Waals surface area (Å²) in [5.74, 6) is 0. The van der Waals surface area contributed by atoms with Crippen LogP contribution in [0.4, 0.5) is 0 Å². The fraction of sp³-hybridized carbons (Fsp3) is 0.500. The number of rotatable bonds is 2. The minimum atomic E-state index is 0.218. The van der Waals surface area contributed by atoms with Crippen molar-refractivity contribution >= 4 is 22.6 Å². The zero-order valence-corrected chi connectivity index (χ0v) is 11.0. The van der Waals surface area contributed by atoms with Gasteiger partial charge in [-0.1, -0.05) is 12.1 Å². The van der Waals surface area contributed by atoms with Gasteiger partial charge in [-0.25, -0.2) is 0 Å². The van der Waals surface area contributed by atoms with Crippen LogP contribution in [0, 0.1) is 3.57 Å². The third kappa shape index (κ3) is 2.34. The van der Waals surface area contributed by atoms with Crippen LogP contribution >= 0.6 is 22.6 Å². The van der Waals surface area contributed by atoms with Gasteiger partial charge in [0.2, 0.25) is 0 Å². The predicted molar refractivity (Wildman–Crippen MR) is 72.0 cm³/mol. The van der Waals surface area contributed by atoms with Crippen LogP contribution in [0.3, 0.4) is 0 Å². The number of halogens is 1. The maximum Gasteiger partial charge on any atom is 0.0130 e. The van der Waals surface area contributed by atoms with E-state index >= 15 is 0 Å². The van der Waals surface area contributed by atoms with E-state index in [1.54, 1.807) is 0 Å². The Bertz CT molecular complexity index is 315. The second kappa shape index (κ2) is 4.80. The summed E-state index contributed by atoms with van der Waals surface area (Å²) in [5, 5.41) is 3.40. The van der Waals surface area contributed by atoms with Gasteiger partial charge in [0.25, 0.3) is 0 Å². The third-order valence-corrected chi connectivity index (χ3v) is 4.13. The molecule has 0 aromatic heterocycles. The van der Waals surface area contributed by atoms with E-state index in [0.29, 0.717) is 0 Å². The zero-order chi connectivity index (χ0) is 10.7. The maximum atomic E-state index is 5.98. The molecule has 1 aliphatic heterocycles. The van der Waals surface area contributed by atoms with E-state index in [0.717, 1.165) is 32.5 Å². The van der Waals surface area contributed by atoms with Crippen molar-refractivity contribution in [2.75, 3.05) is 19.6 Å². The summed E-state index contributed by atoms with van der Waals surface area (Å²) in [5.41, 5.74) is 7.61. The van der Waals surface area contributed by atoms with Crippen molar-refractivity contribution in [2.45, 2.75) is 18.3 Å². The molecule has 1 aliphatic rings. The van der Waals surface area contributed by atoms with E-state index < -0.39 is 0 Å². The molecule has 1 aromatic rings. The fourth-order valence-electron chi connectivity index (χ4n) is 2.32. The van der Waals surface area contributed by atoms with Crippen LogP contribution in [0.2, 0.25) is 0 Å². The highest BCUT2D eigenvalue weighted by atomic mass is 127. The van der Waals surface area contributed by atoms with Crippen molar-refractivity contribution in [3.05, 3.63) is 33.4 Å². The minimum Gasteiger partial charge on any atom is -0.330 e. The van der Waals surface area contributed by atoms with Gasteiger partial charge in [-0.15, -0.1) is 0 Å². The molecule has 0 saturated carbocycles. The van der Waals surface area contributed by atoms with Gasteiger partial charge in [0.05, 0.1) is 0 Å². The molecule has 1 fully saturated rings. The van der Waals surface area contributed by atoms with Crippen LogP contribution in [0.25, 0.3) is 0 Å². The average Bonchev–Trinajstić information content (AvgIpc) is 2.31. The average molecular weight is 316 g/mol. The van der Waals surface area contributed by atoms with E-state index in [1.807, 2.05) is 0 Å². The van der Waals surface area contributed by atoms with Crippen molar-refractivity contribution in [3.8, 4) is 0 Å². The highest BCUT2D eigenvalue weighted by molar-refractivity contribution is 14.1. The molecule has 0 unspecified atom stereocenters. The molecule has 0 amide bonds. The van der Waals surface area contributed by atoms with Gasteiger partial charge in [-0.2, -0.15) is 0 Å². The first-order chi connectivity index (χ1) is 7.27. The highest BCUT2D eigenvalue weighted by Crippen LogP contribution is 2.32. The molecule has 1 aromatic carbocycles. The van der Waals surface area contributed by atoms with E-state index in [1.165, 1.54) is 9.13 Å². The Labute approximate surface area is 105 Å². The van der Waals surface area contributed by atoms with Crippen molar-refractivity contribution in [1.82, 2.24) is 5.32 Å². The van der Waals surface area contributed by atoms with Gasteiger partial charge >= 0.3 is 0 Å². The Kier molecular flexibility index (Phi) is 3.64. The van der Waals surface area contributed by atoms with E-state index in [4.69, 9.17) is 5.73 Å². The van der Waals surface area contributed by atoms with E-state index in [9.17, 15) is 0 Å². The van der Waals surface area contributed by atoms with Crippen molar-refractivity contribution in [2.24, 2.45) is 5.73 Å². The summed E-state index contributed by atoms with van der Waals surface area (Å²) < 4.78 is 1.29. The second-order valence-electron chi connectivity index (χ2n) is 4.24. The number of nitrogens with two attached hydrogens (primary N) is 1. The molecular formula is C12H17IN2. The maximum absolute atomic E-state index is 5.98. The van der Waals surface area contributed by atoms with Gasteiger partial charge in [0.15, 0.2) is 0 Å². The van der Waals surface area contributed by atoms with Crippen LogP contribution < -0.4 is 11.1 Å². The first-order valence-electron chi connectivity index (χ1n) is 5.44. The standard InChI is InChI=1S/C12H17IN2/c13-11-3-1-10(2-4-11)12(9-14)5-7-15-8-6-12/h1-4,15H,5-9,14H2. The smallest absolute Gasteiger partial charge is 0.0130 e. The fourth-order valence-corrected chi connectivity index (χ4v) is 2.68. The summed E-state index contributed by atoms with van der Waals surface area (Å²) in [6.45, 7) is 2.93. The Morgan fingerprint density at radius 3 is 2.33 bits per heavy atom. The van der Waals surface area contributed by atoms with Crippen LogP contribution in [0.15, 0.2) is 24.3 Å². The Balaban J connectivity index is 2.28. The molecule has 2 rings (SSSR count). The number of hydrogen-bond acceptors (Lipinski definition) is 2. The summed E-state index contributed by atoms with van der Waals surface area (Å²) in [4.78, 5) is 0. The first kappa shape index (κ1) is 11.4. The predicted octanol–water partition coefficient (Wildman–Crippen LogP) is 1.87. The van der Waals surface area contributed by atoms with Crippen LogP contribution in [0.5, 0.6) is 0 Å². The largest absolute Gasteiger partial charge is 0.330 e. The van der Waals surface area contributed by atoms with Gasteiger partial charge in [-0.3, -0.25) is 0 Å². The normalized spacial score (nSPS) is 20.1. The summed E-state index contributed by atoms with van der Waals surface area (Å²) >= 11 is 2.34. The second-order valence-corrected chi connectivity index (χ2v) is 5.49. The third-order valence-electron chi connectivity index (χ3n) is 3.41. The molecule has 3 heteroatoms. The molecule has 0 spiro atoms. The van der Waals surface area contributed by atoms with Gasteiger partial charge in [0.1, 0.15) is 0 Å². The van der Waals surface area contributed by atoms with Crippen LogP contribution in [0.1, 0.15) is 18.4 Å². The van der Waals surface area contributed by atoms with E-state index in [-0.39, 0.29) is 5.41 Å². The molecule has 2 nitrogen and oxygen atoms in total. The van der Waals surface area contributed by atoms with Crippen molar-refractivity contribution in [1.29, 1.82) is 0 Å². The molecule has 0 bridgehead atoms. The zero-order valence-electron chi connectivity index (χ0n) is 8.80. The molecule has 0 radical (unpaired) electrons. The van der Waals surface area contributed by atoms with Gasteiger partial charge < -0.3 is 11.1 Å². The van der Waals surface area contributed by atoms with Gasteiger partial charge in [-0.05, 0) is 66.2 Å². The van der Waals surface area contributed by atoms with Crippen molar-refractivity contribution in [3.63, 3.8) is 0 Å². The molecule has 0 aliphatic carbocycles. The number of nitrogens with one attached hydrogen (secondary N) is 1. The highest BCUT2D eigenvalue weighted by Gasteiger charge is 2.32. The molecule has 82 valence electrons. The summed E-state index contributed by atoms with van der Waals surface area (Å²) in [6.07, 6.45) is 2.31. The lowest BCUT2D eigenvalue weighted by atomic mass is 9.73. The SMILES string of the molecule is NCC1(c2ccc(I)cc2)CCNCC1. The molecular weight excluding hydrogens is 299 g/mol. The minimum absolute atomic E-state index is 0.218. The quantitative estimate of drug-likeness (QED) is 0.818. The monoisotopic (exact) mass is 316 g/mol. The molecule has 1 saturated heterocycles. The topological polar surface area (TPSA) is 38.0 Å². The lowest BCUT2D eigenvalue weighted by Crippen LogP contribution is -2.44. The Hall–Kier alpha value is -0.130. The summed E-state index contributed by atoms with van der Waals surface area (Å²) in [7, 11) is 0. The van der Waals surface area contributed by atoms with Gasteiger partial charge in [0, 0.05) is 15.5 Å². The summed E-state index contributed by atoms with van der Waals surface area (Å²) in [6, 6.07) is 8.82. The molecule has 1 heterocycles. The molecule has 3 N–H and O–H groups in total. The van der Waals surface area contributed by atoms with Crippen LogP contribution in [-0.2, 0) is 5.41 Å². The number of hydrogen-bond donors (Lipinski definition) is 2. The van der Waals surface area contributed by atoms with Crippen LogP contribution in [-0.4, -0.2) is 19.6 Å². The lowest BCUT2D eigenvalue weighted by Gasteiger charge is -2.37. The molecule has 0 atom stereocenters. The Morgan fingerprint density at radius 1 is 1.20 bits per heavy atom. The number of benzene rings is 1. The Morgan fingerprint density at radius 2 is 1.80 bits per heavy atom. The van der Waals surface area contributed by atoms with E-state index in [2.05, 4.69) is 52.2 Å². The number of piperidine rings is 1.